The second-order valence-electron chi connectivity index (χ2n) is 4.69. The molecule has 0 bridgehead atoms. The highest BCUT2D eigenvalue weighted by atomic mass is 19.4. The van der Waals surface area contributed by atoms with Crippen LogP contribution in [0.4, 0.5) is 13.2 Å². The predicted octanol–water partition coefficient (Wildman–Crippen LogP) is 2.09. The van der Waals surface area contributed by atoms with E-state index < -0.39 is 24.2 Å². The van der Waals surface area contributed by atoms with Gasteiger partial charge < -0.3 is 5.11 Å². The number of carbonyl (C=O) groups excluding carboxylic acids is 1. The average molecular weight is 286 g/mol. The van der Waals surface area contributed by atoms with Gasteiger partial charge >= 0.3 is 6.18 Å². The smallest absolute Gasteiger partial charge is 0.362 e. The van der Waals surface area contributed by atoms with Crippen molar-refractivity contribution < 1.29 is 23.1 Å². The number of alkyl halides is 3. The van der Waals surface area contributed by atoms with Crippen LogP contribution in [-0.4, -0.2) is 33.6 Å². The first-order chi connectivity index (χ1) is 9.24. The predicted molar refractivity (Wildman–Crippen MR) is 65.7 cm³/mol. The highest BCUT2D eigenvalue weighted by Gasteiger charge is 2.62. The molecule has 0 unspecified atom stereocenters. The molecule has 0 fully saturated rings. The largest absolute Gasteiger partial charge is 0.438 e. The number of hydrogen-bond donors (Lipinski definition) is 1. The molecule has 20 heavy (non-hydrogen) atoms. The van der Waals surface area contributed by atoms with Crippen molar-refractivity contribution in [3.05, 3.63) is 35.9 Å². The van der Waals surface area contributed by atoms with Crippen molar-refractivity contribution >= 4 is 11.6 Å². The lowest BCUT2D eigenvalue weighted by molar-refractivity contribution is -0.302. The summed E-state index contributed by atoms with van der Waals surface area (Å²) in [5.74, 6) is -0.895. The van der Waals surface area contributed by atoms with E-state index in [0.29, 0.717) is 5.56 Å². The van der Waals surface area contributed by atoms with Crippen LogP contribution in [-0.2, 0) is 11.2 Å². The summed E-state index contributed by atoms with van der Waals surface area (Å²) in [7, 11) is 0. The standard InChI is InChI=1S/C13H13F3N2O2/c1-9-8-12(20,13(14,15)16)18(17-9)11(19)7-10-5-3-2-4-6-10/h2-6,20H,7-8H2,1H3/t12-/m0/s1. The number of aliphatic hydroxyl groups is 1. The van der Waals surface area contributed by atoms with Crippen LogP contribution >= 0.6 is 0 Å². The number of benzene rings is 1. The monoisotopic (exact) mass is 286 g/mol. The lowest BCUT2D eigenvalue weighted by Crippen LogP contribution is -2.57. The Balaban J connectivity index is 2.23. The molecular formula is C13H13F3N2O2. The number of hydrogen-bond acceptors (Lipinski definition) is 3. The second kappa shape index (κ2) is 4.90. The minimum absolute atomic E-state index is 0.0613. The van der Waals surface area contributed by atoms with Gasteiger partial charge in [-0.25, -0.2) is 0 Å². The lowest BCUT2D eigenvalue weighted by Gasteiger charge is -2.32. The van der Waals surface area contributed by atoms with Crippen molar-refractivity contribution in [3.8, 4) is 0 Å². The summed E-state index contributed by atoms with van der Waals surface area (Å²) in [4.78, 5) is 12.0. The maximum Gasteiger partial charge on any atom is 0.438 e. The van der Waals surface area contributed by atoms with E-state index in [9.17, 15) is 23.1 Å². The van der Waals surface area contributed by atoms with E-state index in [1.165, 1.54) is 6.92 Å². The number of carbonyl (C=O) groups is 1. The van der Waals surface area contributed by atoms with Crippen molar-refractivity contribution in [1.82, 2.24) is 5.01 Å². The average Bonchev–Trinajstić information content (AvgIpc) is 2.67. The fourth-order valence-electron chi connectivity index (χ4n) is 2.05. The Morgan fingerprint density at radius 2 is 2.00 bits per heavy atom. The van der Waals surface area contributed by atoms with Crippen LogP contribution in [0.15, 0.2) is 35.4 Å². The summed E-state index contributed by atoms with van der Waals surface area (Å²) in [6, 6.07) is 8.33. The third-order valence-corrected chi connectivity index (χ3v) is 3.01. The third-order valence-electron chi connectivity index (χ3n) is 3.01. The molecule has 1 aliphatic heterocycles. The van der Waals surface area contributed by atoms with Crippen molar-refractivity contribution in [2.45, 2.75) is 31.7 Å². The molecule has 108 valence electrons. The van der Waals surface area contributed by atoms with Crippen molar-refractivity contribution in [2.24, 2.45) is 5.10 Å². The molecular weight excluding hydrogens is 273 g/mol. The van der Waals surface area contributed by atoms with Gasteiger partial charge in [0.05, 0.1) is 6.42 Å². The van der Waals surface area contributed by atoms with Gasteiger partial charge in [-0.15, -0.1) is 0 Å². The summed E-state index contributed by atoms with van der Waals surface area (Å²) in [6.07, 6.45) is -5.94. The number of rotatable bonds is 2. The molecule has 7 heteroatoms. The molecule has 1 atom stereocenters. The summed E-state index contributed by atoms with van der Waals surface area (Å²) < 4.78 is 38.9. The van der Waals surface area contributed by atoms with Crippen LogP contribution in [0.1, 0.15) is 18.9 Å². The maximum atomic E-state index is 13.0. The van der Waals surface area contributed by atoms with Gasteiger partial charge in [0.1, 0.15) is 0 Å². The summed E-state index contributed by atoms with van der Waals surface area (Å²) in [5, 5.41) is 13.5. The van der Waals surface area contributed by atoms with Gasteiger partial charge in [0.2, 0.25) is 5.91 Å². The number of hydrazone groups is 1. The van der Waals surface area contributed by atoms with E-state index in [-0.39, 0.29) is 17.1 Å². The quantitative estimate of drug-likeness (QED) is 0.905. The molecule has 1 heterocycles. The van der Waals surface area contributed by atoms with Crippen LogP contribution in [0, 0.1) is 0 Å². The van der Waals surface area contributed by atoms with E-state index >= 15 is 0 Å². The van der Waals surface area contributed by atoms with E-state index in [4.69, 9.17) is 0 Å². The minimum Gasteiger partial charge on any atom is -0.362 e. The van der Waals surface area contributed by atoms with Crippen LogP contribution < -0.4 is 0 Å². The van der Waals surface area contributed by atoms with E-state index in [1.807, 2.05) is 0 Å². The summed E-state index contributed by atoms with van der Waals surface area (Å²) in [5.41, 5.74) is -2.63. The number of amides is 1. The zero-order valence-corrected chi connectivity index (χ0v) is 10.7. The number of nitrogens with zero attached hydrogens (tertiary/aromatic N) is 2. The molecule has 0 spiro atoms. The summed E-state index contributed by atoms with van der Waals surface area (Å²) in [6.45, 7) is 1.34. The van der Waals surface area contributed by atoms with Gasteiger partial charge in [0.25, 0.3) is 5.72 Å². The molecule has 0 saturated carbocycles. The van der Waals surface area contributed by atoms with Gasteiger partial charge in [0.15, 0.2) is 0 Å². The van der Waals surface area contributed by atoms with E-state index in [2.05, 4.69) is 5.10 Å². The van der Waals surface area contributed by atoms with Crippen LogP contribution in [0.25, 0.3) is 0 Å². The van der Waals surface area contributed by atoms with Gasteiger partial charge in [-0.2, -0.15) is 23.3 Å². The van der Waals surface area contributed by atoms with Gasteiger partial charge in [-0.05, 0) is 12.5 Å². The molecule has 4 nitrogen and oxygen atoms in total. The SMILES string of the molecule is CC1=NN(C(=O)Cc2ccccc2)[C@@](O)(C(F)(F)F)C1. The van der Waals surface area contributed by atoms with Crippen molar-refractivity contribution in [1.29, 1.82) is 0 Å². The Bertz CT molecular complexity index is 542. The lowest BCUT2D eigenvalue weighted by atomic mass is 10.1. The van der Waals surface area contributed by atoms with Crippen molar-refractivity contribution in [3.63, 3.8) is 0 Å². The fraction of sp³-hybridized carbons (Fsp3) is 0.385. The first kappa shape index (κ1) is 14.5. The number of halogens is 3. The van der Waals surface area contributed by atoms with Gasteiger partial charge in [-0.1, -0.05) is 30.3 Å². The Kier molecular flexibility index (Phi) is 3.56. The molecule has 0 aromatic heterocycles. The fourth-order valence-corrected chi connectivity index (χ4v) is 2.05. The maximum absolute atomic E-state index is 13.0. The Hall–Kier alpha value is -1.89. The first-order valence-electron chi connectivity index (χ1n) is 5.94. The van der Waals surface area contributed by atoms with Crippen LogP contribution in [0.2, 0.25) is 0 Å². The zero-order chi connectivity index (χ0) is 15.0. The molecule has 1 aliphatic rings. The summed E-state index contributed by atoms with van der Waals surface area (Å²) >= 11 is 0. The molecule has 1 N–H and O–H groups in total. The molecule has 0 radical (unpaired) electrons. The molecule has 0 aliphatic carbocycles. The van der Waals surface area contributed by atoms with Crippen molar-refractivity contribution in [2.75, 3.05) is 0 Å². The van der Waals surface area contributed by atoms with E-state index in [1.54, 1.807) is 30.3 Å². The minimum atomic E-state index is -4.96. The zero-order valence-electron chi connectivity index (χ0n) is 10.7. The van der Waals surface area contributed by atoms with E-state index in [0.717, 1.165) is 0 Å². The van der Waals surface area contributed by atoms with Gasteiger partial charge in [0, 0.05) is 12.1 Å². The Morgan fingerprint density at radius 3 is 2.55 bits per heavy atom. The molecule has 1 amide bonds. The highest BCUT2D eigenvalue weighted by molar-refractivity contribution is 5.89. The molecule has 1 aromatic rings. The molecule has 0 saturated heterocycles. The molecule has 2 rings (SSSR count). The normalized spacial score (nSPS) is 22.9. The third kappa shape index (κ3) is 2.53. The van der Waals surface area contributed by atoms with Crippen LogP contribution in [0.5, 0.6) is 0 Å². The topological polar surface area (TPSA) is 52.9 Å². The molecule has 1 aromatic carbocycles. The van der Waals surface area contributed by atoms with Crippen LogP contribution in [0.3, 0.4) is 0 Å². The van der Waals surface area contributed by atoms with Gasteiger partial charge in [-0.3, -0.25) is 4.79 Å². The highest BCUT2D eigenvalue weighted by Crippen LogP contribution is 2.40. The Labute approximate surface area is 113 Å². The first-order valence-corrected chi connectivity index (χ1v) is 5.94. The Morgan fingerprint density at radius 1 is 1.40 bits per heavy atom. The second-order valence-corrected chi connectivity index (χ2v) is 4.69.